The van der Waals surface area contributed by atoms with E-state index in [1.807, 2.05) is 6.92 Å². The van der Waals surface area contributed by atoms with Crippen LogP contribution in [-0.2, 0) is 9.53 Å². The number of benzene rings is 2. The largest absolute Gasteiger partial charge is 0.490 e. The third kappa shape index (κ3) is 5.81. The topological polar surface area (TPSA) is 92.3 Å². The van der Waals surface area contributed by atoms with Gasteiger partial charge in [-0.1, -0.05) is 13.3 Å². The number of unbranched alkanes of at least 4 members (excludes halogenated alkanes) is 1. The Morgan fingerprint density at radius 1 is 1.03 bits per heavy atom. The average Bonchev–Trinajstić information content (AvgIpc) is 3.22. The monoisotopic (exact) mass is 429 g/mol. The fourth-order valence-electron chi connectivity index (χ4n) is 2.85. The highest BCUT2D eigenvalue weighted by Gasteiger charge is 2.21. The van der Waals surface area contributed by atoms with Crippen LogP contribution in [-0.4, -0.2) is 38.0 Å². The minimum Gasteiger partial charge on any atom is -0.490 e. The molecule has 0 saturated carbocycles. The Hall–Kier alpha value is -3.42. The number of fused-ring (bicyclic) bond motifs is 1. The van der Waals surface area contributed by atoms with Crippen LogP contribution in [0.25, 0.3) is 0 Å². The maximum Gasteiger partial charge on any atom is 0.339 e. The van der Waals surface area contributed by atoms with E-state index in [0.717, 1.165) is 12.8 Å². The molecule has 31 heavy (non-hydrogen) atoms. The van der Waals surface area contributed by atoms with Crippen LogP contribution in [0.15, 0.2) is 36.4 Å². The molecule has 2 aromatic carbocycles. The Morgan fingerprint density at radius 3 is 2.61 bits per heavy atom. The number of carbonyl (C=O) groups excluding carboxylic acids is 2. The lowest BCUT2D eigenvalue weighted by molar-refractivity contribution is -0.123. The summed E-state index contributed by atoms with van der Waals surface area (Å²) in [6.45, 7) is 6.58. The second-order valence-electron chi connectivity index (χ2n) is 6.90. The summed E-state index contributed by atoms with van der Waals surface area (Å²) in [6, 6.07) is 9.87. The molecule has 0 aromatic heterocycles. The van der Waals surface area contributed by atoms with Crippen LogP contribution >= 0.6 is 0 Å². The van der Waals surface area contributed by atoms with Gasteiger partial charge in [0.2, 0.25) is 6.79 Å². The van der Waals surface area contributed by atoms with Crippen molar-refractivity contribution in [3.05, 3.63) is 42.0 Å². The van der Waals surface area contributed by atoms with Crippen molar-refractivity contribution in [1.82, 2.24) is 0 Å². The Bertz CT molecular complexity index is 928. The number of esters is 1. The van der Waals surface area contributed by atoms with Crippen molar-refractivity contribution >= 4 is 17.6 Å². The number of ether oxygens (including phenoxy) is 5. The van der Waals surface area contributed by atoms with Crippen LogP contribution in [0.2, 0.25) is 0 Å². The van der Waals surface area contributed by atoms with E-state index in [1.165, 1.54) is 6.92 Å². The summed E-state index contributed by atoms with van der Waals surface area (Å²) in [5.74, 6) is 1.11. The molecule has 8 heteroatoms. The molecule has 0 radical (unpaired) electrons. The first-order chi connectivity index (χ1) is 15.0. The second kappa shape index (κ2) is 10.6. The molecule has 1 aliphatic heterocycles. The van der Waals surface area contributed by atoms with Crippen molar-refractivity contribution in [1.29, 1.82) is 0 Å². The van der Waals surface area contributed by atoms with Crippen molar-refractivity contribution in [2.75, 3.05) is 25.3 Å². The lowest BCUT2D eigenvalue weighted by Gasteiger charge is -2.15. The fourth-order valence-corrected chi connectivity index (χ4v) is 2.85. The van der Waals surface area contributed by atoms with Crippen LogP contribution in [0.4, 0.5) is 5.69 Å². The summed E-state index contributed by atoms with van der Waals surface area (Å²) in [4.78, 5) is 25.0. The number of rotatable bonds is 10. The molecule has 0 bridgehead atoms. The second-order valence-corrected chi connectivity index (χ2v) is 6.90. The summed E-state index contributed by atoms with van der Waals surface area (Å²) < 4.78 is 27.2. The van der Waals surface area contributed by atoms with Gasteiger partial charge < -0.3 is 29.0 Å². The lowest BCUT2D eigenvalue weighted by atomic mass is 10.2. The SMILES string of the molecule is CCCCOc1ccc(C(=O)O[C@H](C)C(=O)Nc2ccc3c(c2)OCO3)cc1OCC. The third-order valence-corrected chi connectivity index (χ3v) is 4.53. The quantitative estimate of drug-likeness (QED) is 0.447. The van der Waals surface area contributed by atoms with Gasteiger partial charge >= 0.3 is 5.97 Å². The van der Waals surface area contributed by atoms with Crippen LogP contribution in [0.3, 0.4) is 0 Å². The van der Waals surface area contributed by atoms with E-state index in [9.17, 15) is 9.59 Å². The first-order valence-electron chi connectivity index (χ1n) is 10.3. The van der Waals surface area contributed by atoms with E-state index in [4.69, 9.17) is 23.7 Å². The fraction of sp³-hybridized carbons (Fsp3) is 0.391. The van der Waals surface area contributed by atoms with Gasteiger partial charge in [-0.3, -0.25) is 4.79 Å². The molecule has 0 unspecified atom stereocenters. The molecule has 0 aliphatic carbocycles. The standard InChI is InChI=1S/C23H27NO7/c1-4-6-11-28-18-9-7-16(12-20(18)27-5-2)23(26)31-15(3)22(25)24-17-8-10-19-21(13-17)30-14-29-19/h7-10,12-13,15H,4-6,11,14H2,1-3H3,(H,24,25)/t15-/m1/s1. The Balaban J connectivity index is 1.61. The van der Waals surface area contributed by atoms with Crippen LogP contribution < -0.4 is 24.3 Å². The number of amides is 1. The maximum absolute atomic E-state index is 12.6. The predicted octanol–water partition coefficient (Wildman–Crippen LogP) is 4.18. The van der Waals surface area contributed by atoms with Gasteiger partial charge in [-0.25, -0.2) is 4.79 Å². The van der Waals surface area contributed by atoms with Gasteiger partial charge in [-0.05, 0) is 50.6 Å². The normalized spacial score (nSPS) is 12.7. The maximum atomic E-state index is 12.6. The number of nitrogens with one attached hydrogen (secondary N) is 1. The third-order valence-electron chi connectivity index (χ3n) is 4.53. The van der Waals surface area contributed by atoms with Crippen molar-refractivity contribution in [3.8, 4) is 23.0 Å². The summed E-state index contributed by atoms with van der Waals surface area (Å²) in [7, 11) is 0. The highest BCUT2D eigenvalue weighted by atomic mass is 16.7. The Morgan fingerprint density at radius 2 is 1.84 bits per heavy atom. The van der Waals surface area contributed by atoms with E-state index in [-0.39, 0.29) is 12.4 Å². The Kier molecular flexibility index (Phi) is 7.59. The zero-order valence-electron chi connectivity index (χ0n) is 17.9. The number of hydrogen-bond acceptors (Lipinski definition) is 7. The smallest absolute Gasteiger partial charge is 0.339 e. The van der Waals surface area contributed by atoms with E-state index in [2.05, 4.69) is 12.2 Å². The summed E-state index contributed by atoms with van der Waals surface area (Å²) in [5, 5.41) is 2.70. The molecule has 2 aromatic rings. The zero-order chi connectivity index (χ0) is 22.2. The Labute approximate surface area is 181 Å². The van der Waals surface area contributed by atoms with Gasteiger partial charge in [0.25, 0.3) is 5.91 Å². The van der Waals surface area contributed by atoms with Crippen molar-refractivity contribution in [2.45, 2.75) is 39.7 Å². The summed E-state index contributed by atoms with van der Waals surface area (Å²) in [5.41, 5.74) is 0.790. The minimum atomic E-state index is -1.01. The van der Waals surface area contributed by atoms with Crippen LogP contribution in [0, 0.1) is 0 Å². The first kappa shape index (κ1) is 22.3. The van der Waals surface area contributed by atoms with E-state index >= 15 is 0 Å². The van der Waals surface area contributed by atoms with Crippen LogP contribution in [0.5, 0.6) is 23.0 Å². The number of anilines is 1. The molecule has 0 saturated heterocycles. The van der Waals surface area contributed by atoms with Gasteiger partial charge in [0.05, 0.1) is 18.8 Å². The minimum absolute atomic E-state index is 0.146. The van der Waals surface area contributed by atoms with E-state index in [0.29, 0.717) is 41.9 Å². The van der Waals surface area contributed by atoms with Crippen molar-refractivity contribution < 1.29 is 33.3 Å². The average molecular weight is 429 g/mol. The van der Waals surface area contributed by atoms with Crippen molar-refractivity contribution in [2.24, 2.45) is 0 Å². The highest BCUT2D eigenvalue weighted by molar-refractivity contribution is 5.97. The predicted molar refractivity (Wildman–Crippen MR) is 114 cm³/mol. The summed E-state index contributed by atoms with van der Waals surface area (Å²) in [6.07, 6.45) is 0.931. The molecule has 0 fully saturated rings. The van der Waals surface area contributed by atoms with E-state index < -0.39 is 18.0 Å². The van der Waals surface area contributed by atoms with Gasteiger partial charge in [-0.15, -0.1) is 0 Å². The van der Waals surface area contributed by atoms with Gasteiger partial charge in [0, 0.05) is 11.8 Å². The van der Waals surface area contributed by atoms with E-state index in [1.54, 1.807) is 36.4 Å². The molecule has 1 atom stereocenters. The summed E-state index contributed by atoms with van der Waals surface area (Å²) >= 11 is 0. The number of carbonyl (C=O) groups is 2. The molecular weight excluding hydrogens is 402 g/mol. The molecule has 8 nitrogen and oxygen atoms in total. The molecule has 166 valence electrons. The molecule has 3 rings (SSSR count). The molecular formula is C23H27NO7. The van der Waals surface area contributed by atoms with Gasteiger partial charge in [0.1, 0.15) is 0 Å². The molecule has 1 aliphatic rings. The van der Waals surface area contributed by atoms with Gasteiger partial charge in [0.15, 0.2) is 29.1 Å². The molecule has 0 spiro atoms. The van der Waals surface area contributed by atoms with Crippen molar-refractivity contribution in [3.63, 3.8) is 0 Å². The van der Waals surface area contributed by atoms with Crippen LogP contribution in [0.1, 0.15) is 44.0 Å². The molecule has 1 amide bonds. The highest BCUT2D eigenvalue weighted by Crippen LogP contribution is 2.34. The molecule has 1 N–H and O–H groups in total. The first-order valence-corrected chi connectivity index (χ1v) is 10.3. The molecule has 1 heterocycles. The number of hydrogen-bond donors (Lipinski definition) is 1. The van der Waals surface area contributed by atoms with Gasteiger partial charge in [-0.2, -0.15) is 0 Å². The lowest BCUT2D eigenvalue weighted by Crippen LogP contribution is -2.30. The zero-order valence-corrected chi connectivity index (χ0v) is 17.9.